The minimum Gasteiger partial charge on any atom is -0.489 e. The van der Waals surface area contributed by atoms with Gasteiger partial charge in [0.05, 0.1) is 5.92 Å². The first-order chi connectivity index (χ1) is 18.2. The molecule has 3 aromatic carbocycles. The van der Waals surface area contributed by atoms with Crippen molar-refractivity contribution in [2.75, 3.05) is 5.32 Å². The standard InChI is InChI=1S/C28H24ClFN2O6/c1-16(27(33)34)20-7-4-6-10-23(20)36-15-18-11-13-19(14-12-18)24-25(26(30)38-32-24)31-28(35)37-17(2)21-8-3-5-9-22(21)29/h3-14,16-17H,15H2,1-2H3,(H,31,35)(H,33,34). The van der Waals surface area contributed by atoms with Crippen molar-refractivity contribution in [3.05, 3.63) is 101 Å². The summed E-state index contributed by atoms with van der Waals surface area (Å²) in [6, 6.07) is 19.6. The van der Waals surface area contributed by atoms with Gasteiger partial charge < -0.3 is 19.1 Å². The highest BCUT2D eigenvalue weighted by atomic mass is 35.5. The van der Waals surface area contributed by atoms with Crippen LogP contribution >= 0.6 is 11.6 Å². The maximum absolute atomic E-state index is 14.3. The summed E-state index contributed by atoms with van der Waals surface area (Å²) in [6.45, 7) is 3.41. The Hall–Kier alpha value is -4.37. The average molecular weight is 539 g/mol. The van der Waals surface area contributed by atoms with E-state index in [1.165, 1.54) is 0 Å². The molecule has 2 unspecified atom stereocenters. The molecule has 4 aromatic rings. The van der Waals surface area contributed by atoms with Crippen LogP contribution in [0.2, 0.25) is 5.02 Å². The molecule has 0 fully saturated rings. The van der Waals surface area contributed by atoms with Crippen molar-refractivity contribution in [3.63, 3.8) is 0 Å². The first-order valence-electron chi connectivity index (χ1n) is 11.7. The molecule has 0 spiro atoms. The minimum absolute atomic E-state index is 0.0814. The van der Waals surface area contributed by atoms with E-state index in [2.05, 4.69) is 15.0 Å². The number of carbonyl (C=O) groups excluding carboxylic acids is 1. The van der Waals surface area contributed by atoms with Gasteiger partial charge >= 0.3 is 18.1 Å². The van der Waals surface area contributed by atoms with Crippen molar-refractivity contribution < 1.29 is 33.1 Å². The normalized spacial score (nSPS) is 12.4. The minimum atomic E-state index is -1.07. The van der Waals surface area contributed by atoms with Crippen LogP contribution in [0.1, 0.15) is 42.6 Å². The third-order valence-corrected chi connectivity index (χ3v) is 6.23. The summed E-state index contributed by atoms with van der Waals surface area (Å²) in [6.07, 6.45) is -1.59. The number of nitrogens with zero attached hydrogens (tertiary/aromatic N) is 1. The molecule has 1 aromatic heterocycles. The van der Waals surface area contributed by atoms with Crippen molar-refractivity contribution in [2.45, 2.75) is 32.5 Å². The van der Waals surface area contributed by atoms with Gasteiger partial charge in [-0.25, -0.2) is 4.79 Å². The number of benzene rings is 3. The van der Waals surface area contributed by atoms with Crippen LogP contribution < -0.4 is 10.1 Å². The number of para-hydroxylation sites is 1. The predicted octanol–water partition coefficient (Wildman–Crippen LogP) is 7.21. The zero-order chi connectivity index (χ0) is 27.2. The summed E-state index contributed by atoms with van der Waals surface area (Å²) >= 11 is 6.15. The smallest absolute Gasteiger partial charge is 0.412 e. The maximum atomic E-state index is 14.3. The molecule has 0 saturated carbocycles. The van der Waals surface area contributed by atoms with Gasteiger partial charge in [-0.3, -0.25) is 10.1 Å². The molecule has 10 heteroatoms. The largest absolute Gasteiger partial charge is 0.489 e. The lowest BCUT2D eigenvalue weighted by Gasteiger charge is -2.15. The molecule has 8 nitrogen and oxygen atoms in total. The number of halogens is 2. The van der Waals surface area contributed by atoms with E-state index in [-0.39, 0.29) is 18.0 Å². The molecular formula is C28H24ClFN2O6. The molecule has 4 rings (SSSR count). The SMILES string of the molecule is CC(OC(=O)Nc1c(-c2ccc(COc3ccccc3C(C)C(=O)O)cc2)noc1F)c1ccccc1Cl. The molecule has 0 radical (unpaired) electrons. The van der Waals surface area contributed by atoms with Crippen LogP contribution in [0.15, 0.2) is 77.3 Å². The Bertz CT molecular complexity index is 1440. The topological polar surface area (TPSA) is 111 Å². The van der Waals surface area contributed by atoms with Gasteiger partial charge in [-0.1, -0.05) is 77.4 Å². The van der Waals surface area contributed by atoms with Crippen molar-refractivity contribution in [1.82, 2.24) is 5.16 Å². The van der Waals surface area contributed by atoms with Crippen LogP contribution in [-0.2, 0) is 16.1 Å². The van der Waals surface area contributed by atoms with Crippen LogP contribution in [0.5, 0.6) is 5.75 Å². The fourth-order valence-corrected chi connectivity index (χ4v) is 4.05. The summed E-state index contributed by atoms with van der Waals surface area (Å²) in [5.74, 6) is -1.20. The third kappa shape index (κ3) is 6.12. The number of hydrogen-bond acceptors (Lipinski definition) is 6. The maximum Gasteiger partial charge on any atom is 0.412 e. The second-order valence-electron chi connectivity index (χ2n) is 8.46. The van der Waals surface area contributed by atoms with E-state index in [9.17, 15) is 19.1 Å². The Morgan fingerprint density at radius 3 is 2.37 bits per heavy atom. The fraction of sp³-hybridized carbons (Fsp3) is 0.179. The number of nitrogens with one attached hydrogen (secondary N) is 1. The van der Waals surface area contributed by atoms with Gasteiger partial charge in [0.25, 0.3) is 0 Å². The van der Waals surface area contributed by atoms with Gasteiger partial charge in [0.15, 0.2) is 0 Å². The summed E-state index contributed by atoms with van der Waals surface area (Å²) < 4.78 is 30.2. The van der Waals surface area contributed by atoms with Gasteiger partial charge in [0.2, 0.25) is 0 Å². The van der Waals surface area contributed by atoms with Crippen LogP contribution in [0.4, 0.5) is 14.9 Å². The summed E-state index contributed by atoms with van der Waals surface area (Å²) in [5, 5.41) is 15.9. The number of aromatic nitrogens is 1. The quantitative estimate of drug-likeness (QED) is 0.231. The third-order valence-electron chi connectivity index (χ3n) is 5.88. The Labute approximate surface area is 222 Å². The van der Waals surface area contributed by atoms with Gasteiger partial charge in [0, 0.05) is 21.7 Å². The first-order valence-corrected chi connectivity index (χ1v) is 12.0. The van der Waals surface area contributed by atoms with Crippen molar-refractivity contribution in [1.29, 1.82) is 0 Å². The molecular weight excluding hydrogens is 515 g/mol. The van der Waals surface area contributed by atoms with Gasteiger partial charge in [-0.15, -0.1) is 0 Å². The molecule has 38 heavy (non-hydrogen) atoms. The zero-order valence-corrected chi connectivity index (χ0v) is 21.2. The highest BCUT2D eigenvalue weighted by Crippen LogP contribution is 2.32. The second-order valence-corrected chi connectivity index (χ2v) is 8.86. The fourth-order valence-electron chi connectivity index (χ4n) is 3.76. The van der Waals surface area contributed by atoms with E-state index in [1.807, 2.05) is 0 Å². The van der Waals surface area contributed by atoms with Crippen LogP contribution in [-0.4, -0.2) is 22.3 Å². The number of ether oxygens (including phenoxy) is 2. The lowest BCUT2D eigenvalue weighted by Crippen LogP contribution is -2.17. The Kier molecular flexibility index (Phi) is 8.28. The van der Waals surface area contributed by atoms with Gasteiger partial charge in [-0.05, 0) is 31.5 Å². The number of amides is 1. The molecule has 0 aliphatic heterocycles. The van der Waals surface area contributed by atoms with E-state index in [1.54, 1.807) is 86.6 Å². The predicted molar refractivity (Wildman–Crippen MR) is 139 cm³/mol. The summed E-state index contributed by atoms with van der Waals surface area (Å²) in [4.78, 5) is 23.9. The first kappa shape index (κ1) is 26.7. The second kappa shape index (κ2) is 11.8. The van der Waals surface area contributed by atoms with Crippen molar-refractivity contribution >= 4 is 29.4 Å². The lowest BCUT2D eigenvalue weighted by molar-refractivity contribution is -0.138. The van der Waals surface area contributed by atoms with Crippen LogP contribution in [0, 0.1) is 6.01 Å². The van der Waals surface area contributed by atoms with E-state index in [0.29, 0.717) is 27.5 Å². The molecule has 2 N–H and O–H groups in total. The highest BCUT2D eigenvalue weighted by molar-refractivity contribution is 6.31. The number of rotatable bonds is 9. The molecule has 1 heterocycles. The highest BCUT2D eigenvalue weighted by Gasteiger charge is 2.23. The molecule has 1 amide bonds. The zero-order valence-electron chi connectivity index (χ0n) is 20.5. The summed E-state index contributed by atoms with van der Waals surface area (Å²) in [5.41, 5.74) is 2.25. The monoisotopic (exact) mass is 538 g/mol. The van der Waals surface area contributed by atoms with Crippen LogP contribution in [0.25, 0.3) is 11.3 Å². The van der Waals surface area contributed by atoms with E-state index < -0.39 is 30.1 Å². The molecule has 2 atom stereocenters. The number of anilines is 1. The van der Waals surface area contributed by atoms with Crippen LogP contribution in [0.3, 0.4) is 0 Å². The average Bonchev–Trinajstić information content (AvgIpc) is 3.27. The number of carboxylic acids is 1. The number of carboxylic acid groups (broad SMARTS) is 1. The molecule has 0 bridgehead atoms. The lowest BCUT2D eigenvalue weighted by atomic mass is 10.0. The summed E-state index contributed by atoms with van der Waals surface area (Å²) in [7, 11) is 0. The molecule has 0 aliphatic carbocycles. The van der Waals surface area contributed by atoms with Crippen molar-refractivity contribution in [3.8, 4) is 17.0 Å². The van der Waals surface area contributed by atoms with Gasteiger partial charge in [0.1, 0.15) is 29.8 Å². The number of carbonyl (C=O) groups is 2. The Morgan fingerprint density at radius 1 is 1.03 bits per heavy atom. The number of aliphatic carboxylic acids is 1. The van der Waals surface area contributed by atoms with E-state index >= 15 is 0 Å². The van der Waals surface area contributed by atoms with E-state index in [4.69, 9.17) is 21.1 Å². The van der Waals surface area contributed by atoms with E-state index in [0.717, 1.165) is 5.56 Å². The molecule has 0 saturated heterocycles. The Morgan fingerprint density at radius 2 is 1.68 bits per heavy atom. The Balaban J connectivity index is 1.43. The van der Waals surface area contributed by atoms with Crippen molar-refractivity contribution in [2.24, 2.45) is 0 Å². The molecule has 196 valence electrons. The van der Waals surface area contributed by atoms with Gasteiger partial charge in [-0.2, -0.15) is 4.39 Å². The number of hydrogen-bond donors (Lipinski definition) is 2. The molecule has 0 aliphatic rings.